The molecule has 0 unspecified atom stereocenters. The Balaban J connectivity index is 1.86. The molecule has 4 aromatic rings. The second-order valence-electron chi connectivity index (χ2n) is 5.29. The number of hydrogen-bond donors (Lipinski definition) is 0. The van der Waals surface area contributed by atoms with Crippen molar-refractivity contribution >= 4 is 26.8 Å². The number of nitrogens with zero attached hydrogens (tertiary/aromatic N) is 3. The fraction of sp³-hybridized carbons (Fsp3) is 0. The predicted molar refractivity (Wildman–Crippen MR) is 96.9 cm³/mol. The van der Waals surface area contributed by atoms with E-state index in [1.807, 2.05) is 36.4 Å². The summed E-state index contributed by atoms with van der Waals surface area (Å²) in [7, 11) is 0. The zero-order valence-electron chi connectivity index (χ0n) is 12.9. The fourth-order valence-electron chi connectivity index (χ4n) is 2.41. The third kappa shape index (κ3) is 3.21. The number of hydrogen-bond acceptors (Lipinski definition) is 4. The smallest absolute Gasteiger partial charge is 0.230 e. The maximum atomic E-state index is 14.2. The van der Waals surface area contributed by atoms with Crippen molar-refractivity contribution in [1.82, 2.24) is 15.0 Å². The number of halogens is 2. The van der Waals surface area contributed by atoms with E-state index in [0.717, 1.165) is 5.56 Å². The van der Waals surface area contributed by atoms with Crippen LogP contribution in [-0.2, 0) is 0 Å². The summed E-state index contributed by atoms with van der Waals surface area (Å²) in [6.45, 7) is 0. The lowest BCUT2D eigenvalue weighted by Gasteiger charge is -2.10. The summed E-state index contributed by atoms with van der Waals surface area (Å²) in [6.07, 6.45) is 3.35. The van der Waals surface area contributed by atoms with Gasteiger partial charge in [-0.1, -0.05) is 28.1 Å². The number of pyridine rings is 1. The summed E-state index contributed by atoms with van der Waals surface area (Å²) in [6, 6.07) is 15.7. The van der Waals surface area contributed by atoms with Crippen LogP contribution in [0.3, 0.4) is 0 Å². The Kier molecular flexibility index (Phi) is 4.11. The molecule has 2 aromatic carbocycles. The molecule has 6 heteroatoms. The van der Waals surface area contributed by atoms with Crippen molar-refractivity contribution in [2.75, 3.05) is 0 Å². The molecule has 0 saturated carbocycles. The Labute approximate surface area is 151 Å². The van der Waals surface area contributed by atoms with E-state index in [-0.39, 0.29) is 5.75 Å². The molecule has 0 spiro atoms. The van der Waals surface area contributed by atoms with Gasteiger partial charge in [0, 0.05) is 22.4 Å². The van der Waals surface area contributed by atoms with Crippen LogP contribution in [0.25, 0.3) is 22.3 Å². The van der Waals surface area contributed by atoms with Gasteiger partial charge < -0.3 is 4.74 Å². The van der Waals surface area contributed by atoms with Crippen LogP contribution < -0.4 is 4.74 Å². The Bertz CT molecular complexity index is 1060. The Morgan fingerprint density at radius 3 is 2.64 bits per heavy atom. The second kappa shape index (κ2) is 6.57. The summed E-state index contributed by atoms with van der Waals surface area (Å²) < 4.78 is 20.6. The molecule has 0 fully saturated rings. The molecule has 122 valence electrons. The molecule has 4 rings (SSSR count). The van der Waals surface area contributed by atoms with Gasteiger partial charge in [0.1, 0.15) is 0 Å². The van der Waals surface area contributed by atoms with Crippen LogP contribution in [0.5, 0.6) is 11.6 Å². The first-order valence-corrected chi connectivity index (χ1v) is 8.30. The molecule has 0 radical (unpaired) electrons. The number of benzene rings is 2. The van der Waals surface area contributed by atoms with Crippen LogP contribution in [0, 0.1) is 5.82 Å². The molecule has 2 aromatic heterocycles. The molecule has 25 heavy (non-hydrogen) atoms. The molecule has 0 aliphatic carbocycles. The first kappa shape index (κ1) is 15.7. The third-order valence-corrected chi connectivity index (χ3v) is 4.08. The van der Waals surface area contributed by atoms with Gasteiger partial charge in [-0.2, -0.15) is 4.98 Å². The Morgan fingerprint density at radius 2 is 1.84 bits per heavy atom. The standard InChI is InChI=1S/C19H11BrFN3O/c20-13-7-8-17(15(21)10-13)25-19-14-5-1-2-6-16(14)23-18(24-19)12-4-3-9-22-11-12/h1-11H. The van der Waals surface area contributed by atoms with Gasteiger partial charge in [0.2, 0.25) is 5.88 Å². The van der Waals surface area contributed by atoms with Gasteiger partial charge in [-0.15, -0.1) is 0 Å². The van der Waals surface area contributed by atoms with Gasteiger partial charge >= 0.3 is 0 Å². The first-order valence-electron chi connectivity index (χ1n) is 7.51. The van der Waals surface area contributed by atoms with Crippen molar-refractivity contribution < 1.29 is 9.13 Å². The molecule has 0 saturated heterocycles. The fourth-order valence-corrected chi connectivity index (χ4v) is 2.74. The lowest BCUT2D eigenvalue weighted by molar-refractivity contribution is 0.432. The lowest BCUT2D eigenvalue weighted by Crippen LogP contribution is -1.97. The van der Waals surface area contributed by atoms with Crippen LogP contribution in [-0.4, -0.2) is 15.0 Å². The third-order valence-electron chi connectivity index (χ3n) is 3.59. The number of rotatable bonds is 3. The molecule has 4 nitrogen and oxygen atoms in total. The molecular formula is C19H11BrFN3O. The van der Waals surface area contributed by atoms with Crippen LogP contribution >= 0.6 is 15.9 Å². The van der Waals surface area contributed by atoms with E-state index in [4.69, 9.17) is 4.74 Å². The van der Waals surface area contributed by atoms with Crippen LogP contribution in [0.4, 0.5) is 4.39 Å². The van der Waals surface area contributed by atoms with Gasteiger partial charge in [0.15, 0.2) is 17.4 Å². The van der Waals surface area contributed by atoms with Gasteiger partial charge in [-0.3, -0.25) is 4.98 Å². The van der Waals surface area contributed by atoms with E-state index in [9.17, 15) is 4.39 Å². The quantitative estimate of drug-likeness (QED) is 0.466. The van der Waals surface area contributed by atoms with Crippen molar-refractivity contribution in [3.63, 3.8) is 0 Å². The number of aromatic nitrogens is 3. The van der Waals surface area contributed by atoms with Gasteiger partial charge in [0.05, 0.1) is 10.9 Å². The second-order valence-corrected chi connectivity index (χ2v) is 6.20. The van der Waals surface area contributed by atoms with Crippen molar-refractivity contribution in [3.8, 4) is 23.0 Å². The van der Waals surface area contributed by atoms with E-state index in [1.165, 1.54) is 6.07 Å². The average Bonchev–Trinajstić information content (AvgIpc) is 2.64. The highest BCUT2D eigenvalue weighted by Gasteiger charge is 2.13. The van der Waals surface area contributed by atoms with Gasteiger partial charge in [-0.05, 0) is 42.5 Å². The van der Waals surface area contributed by atoms with Crippen molar-refractivity contribution in [2.24, 2.45) is 0 Å². The summed E-state index contributed by atoms with van der Waals surface area (Å²) >= 11 is 3.24. The van der Waals surface area contributed by atoms with E-state index in [2.05, 4.69) is 30.9 Å². The molecule has 0 atom stereocenters. The lowest BCUT2D eigenvalue weighted by atomic mass is 10.2. The Hall–Kier alpha value is -2.86. The van der Waals surface area contributed by atoms with E-state index in [1.54, 1.807) is 24.5 Å². The number of ether oxygens (including phenoxy) is 1. The van der Waals surface area contributed by atoms with Crippen molar-refractivity contribution in [3.05, 3.63) is 77.3 Å². The molecule has 2 heterocycles. The highest BCUT2D eigenvalue weighted by molar-refractivity contribution is 9.10. The Morgan fingerprint density at radius 1 is 0.960 bits per heavy atom. The SMILES string of the molecule is Fc1cc(Br)ccc1Oc1nc(-c2cccnc2)nc2ccccc12. The zero-order chi connectivity index (χ0) is 17.2. The number of para-hydroxylation sites is 1. The minimum atomic E-state index is -0.472. The van der Waals surface area contributed by atoms with Crippen LogP contribution in [0.15, 0.2) is 71.5 Å². The zero-order valence-corrected chi connectivity index (χ0v) is 14.4. The normalized spacial score (nSPS) is 10.8. The molecule has 0 aliphatic rings. The largest absolute Gasteiger partial charge is 0.435 e. The molecule has 0 bridgehead atoms. The predicted octanol–water partition coefficient (Wildman–Crippen LogP) is 5.39. The topological polar surface area (TPSA) is 47.9 Å². The minimum absolute atomic E-state index is 0.101. The summed E-state index contributed by atoms with van der Waals surface area (Å²) in [5.41, 5.74) is 1.47. The van der Waals surface area contributed by atoms with Crippen molar-refractivity contribution in [1.29, 1.82) is 0 Å². The molecular weight excluding hydrogens is 385 g/mol. The van der Waals surface area contributed by atoms with Crippen LogP contribution in [0.2, 0.25) is 0 Å². The maximum absolute atomic E-state index is 14.2. The van der Waals surface area contributed by atoms with E-state index >= 15 is 0 Å². The first-order chi connectivity index (χ1) is 12.2. The molecule has 0 aliphatic heterocycles. The van der Waals surface area contributed by atoms with Crippen LogP contribution in [0.1, 0.15) is 0 Å². The highest BCUT2D eigenvalue weighted by atomic mass is 79.9. The molecule has 0 N–H and O–H groups in total. The van der Waals surface area contributed by atoms with E-state index < -0.39 is 5.82 Å². The summed E-state index contributed by atoms with van der Waals surface area (Å²) in [4.78, 5) is 13.1. The summed E-state index contributed by atoms with van der Waals surface area (Å²) in [5.74, 6) is 0.397. The number of fused-ring (bicyclic) bond motifs is 1. The van der Waals surface area contributed by atoms with Crippen molar-refractivity contribution in [2.45, 2.75) is 0 Å². The minimum Gasteiger partial charge on any atom is -0.435 e. The highest BCUT2D eigenvalue weighted by Crippen LogP contribution is 2.31. The van der Waals surface area contributed by atoms with Gasteiger partial charge in [0.25, 0.3) is 0 Å². The summed E-state index contributed by atoms with van der Waals surface area (Å²) in [5, 5.41) is 0.706. The van der Waals surface area contributed by atoms with Gasteiger partial charge in [-0.25, -0.2) is 9.37 Å². The molecule has 0 amide bonds. The maximum Gasteiger partial charge on any atom is 0.230 e. The monoisotopic (exact) mass is 395 g/mol. The average molecular weight is 396 g/mol. The van der Waals surface area contributed by atoms with E-state index in [0.29, 0.717) is 27.1 Å².